The van der Waals surface area contributed by atoms with Crippen molar-refractivity contribution in [1.29, 1.82) is 0 Å². The van der Waals surface area contributed by atoms with Crippen molar-refractivity contribution in [1.82, 2.24) is 9.80 Å². The Bertz CT molecular complexity index is 286. The van der Waals surface area contributed by atoms with E-state index in [1.54, 1.807) is 19.0 Å². The molecule has 1 aliphatic rings. The van der Waals surface area contributed by atoms with Gasteiger partial charge in [-0.2, -0.15) is 0 Å². The van der Waals surface area contributed by atoms with Crippen molar-refractivity contribution in [3.8, 4) is 0 Å². The van der Waals surface area contributed by atoms with E-state index < -0.39 is 0 Å². The van der Waals surface area contributed by atoms with Crippen LogP contribution in [0.2, 0.25) is 0 Å². The highest BCUT2D eigenvalue weighted by atomic mass is 35.5. The van der Waals surface area contributed by atoms with Gasteiger partial charge >= 0.3 is 0 Å². The van der Waals surface area contributed by atoms with Gasteiger partial charge in [-0.1, -0.05) is 6.92 Å². The van der Waals surface area contributed by atoms with Crippen molar-refractivity contribution in [2.24, 2.45) is 11.8 Å². The maximum atomic E-state index is 11.9. The molecule has 17 heavy (non-hydrogen) atoms. The van der Waals surface area contributed by atoms with Gasteiger partial charge < -0.3 is 9.80 Å². The van der Waals surface area contributed by atoms with Crippen LogP contribution in [0, 0.1) is 11.8 Å². The minimum absolute atomic E-state index is 0.0698. The van der Waals surface area contributed by atoms with Crippen LogP contribution in [0.15, 0.2) is 0 Å². The lowest BCUT2D eigenvalue weighted by molar-refractivity contribution is -0.140. The lowest BCUT2D eigenvalue weighted by Gasteiger charge is -2.33. The Hall–Kier alpha value is -0.770. The summed E-state index contributed by atoms with van der Waals surface area (Å²) in [4.78, 5) is 27.1. The average Bonchev–Trinajstić information content (AvgIpc) is 2.36. The molecule has 1 aliphatic heterocycles. The second kappa shape index (κ2) is 6.24. The summed E-state index contributed by atoms with van der Waals surface area (Å²) in [6.07, 6.45) is 1.52. The molecular weight excluding hydrogens is 240 g/mol. The van der Waals surface area contributed by atoms with Gasteiger partial charge in [-0.05, 0) is 12.8 Å². The first-order valence-electron chi connectivity index (χ1n) is 6.03. The third-order valence-corrected chi connectivity index (χ3v) is 3.71. The van der Waals surface area contributed by atoms with Crippen LogP contribution in [-0.4, -0.2) is 54.7 Å². The molecule has 5 heteroatoms. The van der Waals surface area contributed by atoms with Crippen LogP contribution in [0.1, 0.15) is 19.8 Å². The molecule has 1 saturated heterocycles. The van der Waals surface area contributed by atoms with Crippen LogP contribution in [-0.2, 0) is 9.59 Å². The Morgan fingerprint density at radius 1 is 1.35 bits per heavy atom. The molecule has 1 unspecified atom stereocenters. The molecule has 0 aromatic rings. The van der Waals surface area contributed by atoms with E-state index in [-0.39, 0.29) is 23.7 Å². The molecule has 1 atom stereocenters. The van der Waals surface area contributed by atoms with Crippen molar-refractivity contribution in [2.75, 3.05) is 33.1 Å². The zero-order valence-electron chi connectivity index (χ0n) is 10.8. The van der Waals surface area contributed by atoms with Gasteiger partial charge in [-0.15, -0.1) is 11.6 Å². The van der Waals surface area contributed by atoms with E-state index in [1.165, 1.54) is 0 Å². The number of nitrogens with zero attached hydrogens (tertiary/aromatic N) is 2. The molecule has 0 saturated carbocycles. The van der Waals surface area contributed by atoms with E-state index in [0.717, 1.165) is 12.8 Å². The van der Waals surface area contributed by atoms with Crippen molar-refractivity contribution < 1.29 is 9.59 Å². The number of carbonyl (C=O) groups is 2. The van der Waals surface area contributed by atoms with Crippen molar-refractivity contribution in [3.63, 3.8) is 0 Å². The van der Waals surface area contributed by atoms with Crippen molar-refractivity contribution >= 4 is 23.4 Å². The Morgan fingerprint density at radius 2 is 1.88 bits per heavy atom. The van der Waals surface area contributed by atoms with Crippen LogP contribution in [0.3, 0.4) is 0 Å². The number of alkyl halides is 1. The van der Waals surface area contributed by atoms with Crippen LogP contribution in [0.4, 0.5) is 0 Å². The highest BCUT2D eigenvalue weighted by Crippen LogP contribution is 2.20. The minimum atomic E-state index is -0.127. The first-order valence-corrected chi connectivity index (χ1v) is 6.56. The molecule has 0 spiro atoms. The minimum Gasteiger partial charge on any atom is -0.349 e. The summed E-state index contributed by atoms with van der Waals surface area (Å²) in [5.41, 5.74) is 0. The fraction of sp³-hybridized carbons (Fsp3) is 0.833. The molecule has 0 radical (unpaired) electrons. The van der Waals surface area contributed by atoms with E-state index in [1.807, 2.05) is 11.8 Å². The highest BCUT2D eigenvalue weighted by molar-refractivity contribution is 6.19. The van der Waals surface area contributed by atoms with E-state index in [9.17, 15) is 9.59 Å². The van der Waals surface area contributed by atoms with Gasteiger partial charge in [0.1, 0.15) is 0 Å². The van der Waals surface area contributed by atoms with Crippen LogP contribution in [0.25, 0.3) is 0 Å². The molecular formula is C12H21ClN2O2. The van der Waals surface area contributed by atoms with Gasteiger partial charge in [0.25, 0.3) is 0 Å². The van der Waals surface area contributed by atoms with E-state index in [4.69, 9.17) is 11.6 Å². The highest BCUT2D eigenvalue weighted by Gasteiger charge is 2.29. The zero-order valence-corrected chi connectivity index (χ0v) is 11.5. The maximum Gasteiger partial charge on any atom is 0.226 e. The fourth-order valence-corrected chi connectivity index (χ4v) is 2.22. The fourth-order valence-electron chi connectivity index (χ4n) is 2.09. The number of piperidine rings is 1. The molecule has 0 N–H and O–H groups in total. The van der Waals surface area contributed by atoms with E-state index >= 15 is 0 Å². The second-order valence-corrected chi connectivity index (χ2v) is 5.20. The first-order chi connectivity index (χ1) is 7.97. The molecule has 1 heterocycles. The van der Waals surface area contributed by atoms with Crippen LogP contribution < -0.4 is 0 Å². The smallest absolute Gasteiger partial charge is 0.226 e. The molecule has 98 valence electrons. The van der Waals surface area contributed by atoms with Gasteiger partial charge in [0.2, 0.25) is 11.8 Å². The Morgan fingerprint density at radius 3 is 2.29 bits per heavy atom. The van der Waals surface area contributed by atoms with Crippen molar-refractivity contribution in [2.45, 2.75) is 19.8 Å². The quantitative estimate of drug-likeness (QED) is 0.716. The van der Waals surface area contributed by atoms with Crippen molar-refractivity contribution in [3.05, 3.63) is 0 Å². The molecule has 0 aromatic carbocycles. The van der Waals surface area contributed by atoms with Crippen LogP contribution >= 0.6 is 11.6 Å². The predicted octanol–water partition coefficient (Wildman–Crippen LogP) is 1.19. The van der Waals surface area contributed by atoms with E-state index in [2.05, 4.69) is 0 Å². The Kier molecular flexibility index (Phi) is 5.25. The van der Waals surface area contributed by atoms with Gasteiger partial charge in [-0.3, -0.25) is 9.59 Å². The summed E-state index contributed by atoms with van der Waals surface area (Å²) in [5.74, 6) is 0.575. The lowest BCUT2D eigenvalue weighted by atomic mass is 9.95. The summed E-state index contributed by atoms with van der Waals surface area (Å²) in [6.45, 7) is 3.18. The molecule has 1 rings (SSSR count). The van der Waals surface area contributed by atoms with Gasteiger partial charge in [0.05, 0.1) is 0 Å². The standard InChI is InChI=1S/C12H21ClN2O2/c1-9(8-13)11(16)15-6-4-10(5-7-15)12(17)14(2)3/h9-10H,4-8H2,1-3H3. The summed E-state index contributed by atoms with van der Waals surface area (Å²) < 4.78 is 0. The van der Waals surface area contributed by atoms with Gasteiger partial charge in [0.15, 0.2) is 0 Å². The number of amides is 2. The monoisotopic (exact) mass is 260 g/mol. The summed E-state index contributed by atoms with van der Waals surface area (Å²) >= 11 is 5.68. The van der Waals surface area contributed by atoms with Crippen LogP contribution in [0.5, 0.6) is 0 Å². The molecule has 2 amide bonds. The largest absolute Gasteiger partial charge is 0.349 e. The van der Waals surface area contributed by atoms with Gasteiger partial charge in [0, 0.05) is 44.9 Å². The summed E-state index contributed by atoms with van der Waals surface area (Å²) in [7, 11) is 3.55. The number of halogens is 1. The maximum absolute atomic E-state index is 11.9. The van der Waals surface area contributed by atoms with E-state index in [0.29, 0.717) is 19.0 Å². The molecule has 0 aromatic heterocycles. The number of rotatable bonds is 3. The third kappa shape index (κ3) is 3.60. The normalized spacial score (nSPS) is 18.9. The number of hydrogen-bond acceptors (Lipinski definition) is 2. The Labute approximate surface area is 108 Å². The average molecular weight is 261 g/mol. The first kappa shape index (κ1) is 14.3. The molecule has 1 fully saturated rings. The second-order valence-electron chi connectivity index (χ2n) is 4.89. The number of carbonyl (C=O) groups excluding carboxylic acids is 2. The Balaban J connectivity index is 2.46. The number of hydrogen-bond donors (Lipinski definition) is 0. The zero-order chi connectivity index (χ0) is 13.0. The number of likely N-dealkylation sites (tertiary alicyclic amines) is 1. The lowest BCUT2D eigenvalue weighted by Crippen LogP contribution is -2.44. The molecule has 4 nitrogen and oxygen atoms in total. The topological polar surface area (TPSA) is 40.6 Å². The molecule has 0 aliphatic carbocycles. The molecule has 0 bridgehead atoms. The predicted molar refractivity (Wildman–Crippen MR) is 67.9 cm³/mol. The summed E-state index contributed by atoms with van der Waals surface area (Å²) in [6, 6.07) is 0. The summed E-state index contributed by atoms with van der Waals surface area (Å²) in [5, 5.41) is 0. The SMILES string of the molecule is CC(CCl)C(=O)N1CCC(C(=O)N(C)C)CC1. The third-order valence-electron chi connectivity index (χ3n) is 3.25. The van der Waals surface area contributed by atoms with Gasteiger partial charge in [-0.25, -0.2) is 0 Å².